The summed E-state index contributed by atoms with van der Waals surface area (Å²) in [4.78, 5) is 17.7. The summed E-state index contributed by atoms with van der Waals surface area (Å²) in [5.74, 6) is 0.126. The Kier molecular flexibility index (Phi) is 3.66. The predicted molar refractivity (Wildman–Crippen MR) is 67.6 cm³/mol. The lowest BCUT2D eigenvalue weighted by molar-refractivity contribution is 0.0594. The van der Waals surface area contributed by atoms with Crippen molar-refractivity contribution in [2.75, 3.05) is 38.0 Å². The highest BCUT2D eigenvalue weighted by molar-refractivity contribution is 5.88. The normalized spacial score (nSPS) is 18.7. The quantitative estimate of drug-likeness (QED) is 0.796. The zero-order valence-electron chi connectivity index (χ0n) is 10.5. The molecule has 1 atom stereocenters. The van der Waals surface area contributed by atoms with Crippen LogP contribution in [0.25, 0.3) is 0 Å². The number of ether oxygens (including phenoxy) is 2. The standard InChI is InChI=1S/C12H17N3O3/c1-15(8-5-6-18-7-8)11-9(13)3-4-10(14-11)12(16)17-2/h3-4,8H,5-7,13H2,1-2H3. The lowest BCUT2D eigenvalue weighted by Gasteiger charge is -2.25. The average molecular weight is 251 g/mol. The van der Waals surface area contributed by atoms with E-state index in [1.165, 1.54) is 7.11 Å². The van der Waals surface area contributed by atoms with E-state index in [9.17, 15) is 4.79 Å². The van der Waals surface area contributed by atoms with E-state index < -0.39 is 5.97 Å². The minimum Gasteiger partial charge on any atom is -0.464 e. The van der Waals surface area contributed by atoms with Gasteiger partial charge in [-0.2, -0.15) is 0 Å². The Labute approximate surface area is 106 Å². The monoisotopic (exact) mass is 251 g/mol. The van der Waals surface area contributed by atoms with E-state index in [0.717, 1.165) is 13.0 Å². The molecule has 0 aliphatic carbocycles. The molecule has 18 heavy (non-hydrogen) atoms. The molecular formula is C12H17N3O3. The Bertz CT molecular complexity index is 444. The fourth-order valence-electron chi connectivity index (χ4n) is 1.96. The van der Waals surface area contributed by atoms with Gasteiger partial charge in [0.05, 0.1) is 25.4 Å². The molecule has 0 radical (unpaired) electrons. The number of carbonyl (C=O) groups excluding carboxylic acids is 1. The maximum Gasteiger partial charge on any atom is 0.356 e. The molecule has 6 nitrogen and oxygen atoms in total. The number of nitrogens with two attached hydrogens (primary N) is 1. The third-order valence-electron chi connectivity index (χ3n) is 3.09. The smallest absolute Gasteiger partial charge is 0.356 e. The largest absolute Gasteiger partial charge is 0.464 e. The Morgan fingerprint density at radius 3 is 3.00 bits per heavy atom. The van der Waals surface area contributed by atoms with Crippen molar-refractivity contribution in [1.29, 1.82) is 0 Å². The van der Waals surface area contributed by atoms with Gasteiger partial charge in [-0.1, -0.05) is 0 Å². The van der Waals surface area contributed by atoms with Gasteiger partial charge in [0.25, 0.3) is 0 Å². The zero-order chi connectivity index (χ0) is 13.1. The Hall–Kier alpha value is -1.82. The molecule has 0 bridgehead atoms. The van der Waals surface area contributed by atoms with E-state index >= 15 is 0 Å². The molecule has 1 aromatic rings. The summed E-state index contributed by atoms with van der Waals surface area (Å²) in [6.07, 6.45) is 0.931. The number of nitrogens with zero attached hydrogens (tertiary/aromatic N) is 2. The molecule has 2 heterocycles. The number of esters is 1. The van der Waals surface area contributed by atoms with Crippen LogP contribution < -0.4 is 10.6 Å². The summed E-state index contributed by atoms with van der Waals surface area (Å²) in [7, 11) is 3.23. The van der Waals surface area contributed by atoms with Crippen molar-refractivity contribution in [3.8, 4) is 0 Å². The van der Waals surface area contributed by atoms with Gasteiger partial charge in [0.2, 0.25) is 0 Å². The summed E-state index contributed by atoms with van der Waals surface area (Å²) < 4.78 is 9.99. The van der Waals surface area contributed by atoms with Crippen molar-refractivity contribution in [1.82, 2.24) is 4.98 Å². The number of pyridine rings is 1. The average Bonchev–Trinajstić information content (AvgIpc) is 2.91. The molecule has 0 spiro atoms. The summed E-state index contributed by atoms with van der Waals surface area (Å²) >= 11 is 0. The van der Waals surface area contributed by atoms with Crippen LogP contribution in [0.2, 0.25) is 0 Å². The van der Waals surface area contributed by atoms with Gasteiger partial charge in [-0.25, -0.2) is 9.78 Å². The molecule has 2 rings (SSSR count). The van der Waals surface area contributed by atoms with E-state index in [4.69, 9.17) is 10.5 Å². The summed E-state index contributed by atoms with van der Waals surface area (Å²) in [6, 6.07) is 3.47. The van der Waals surface area contributed by atoms with Crippen LogP contribution in [0.1, 0.15) is 16.9 Å². The Morgan fingerprint density at radius 1 is 1.61 bits per heavy atom. The molecule has 2 N–H and O–H groups in total. The fourth-order valence-corrected chi connectivity index (χ4v) is 1.96. The Morgan fingerprint density at radius 2 is 2.39 bits per heavy atom. The minimum absolute atomic E-state index is 0.243. The topological polar surface area (TPSA) is 77.7 Å². The molecule has 1 aliphatic heterocycles. The molecular weight excluding hydrogens is 234 g/mol. The van der Waals surface area contributed by atoms with Crippen LogP contribution in [0.5, 0.6) is 0 Å². The number of hydrogen-bond acceptors (Lipinski definition) is 6. The van der Waals surface area contributed by atoms with Gasteiger partial charge in [0.15, 0.2) is 11.5 Å². The highest BCUT2D eigenvalue weighted by Gasteiger charge is 2.23. The third kappa shape index (κ3) is 2.38. The second kappa shape index (κ2) is 5.22. The molecule has 1 unspecified atom stereocenters. The number of anilines is 2. The zero-order valence-corrected chi connectivity index (χ0v) is 10.5. The van der Waals surface area contributed by atoms with E-state index in [-0.39, 0.29) is 11.7 Å². The van der Waals surface area contributed by atoms with Gasteiger partial charge in [-0.15, -0.1) is 0 Å². The second-order valence-electron chi connectivity index (χ2n) is 4.23. The van der Waals surface area contributed by atoms with Gasteiger partial charge in [0.1, 0.15) is 0 Å². The number of rotatable bonds is 3. The van der Waals surface area contributed by atoms with Crippen LogP contribution in [0.3, 0.4) is 0 Å². The van der Waals surface area contributed by atoms with Crippen molar-refractivity contribution in [3.63, 3.8) is 0 Å². The number of carbonyl (C=O) groups is 1. The molecule has 6 heteroatoms. The number of aromatic nitrogens is 1. The minimum atomic E-state index is -0.465. The van der Waals surface area contributed by atoms with Gasteiger partial charge in [0, 0.05) is 13.7 Å². The molecule has 0 amide bonds. The first kappa shape index (κ1) is 12.6. The van der Waals surface area contributed by atoms with Crippen LogP contribution in [0.4, 0.5) is 11.5 Å². The van der Waals surface area contributed by atoms with Crippen LogP contribution in [0.15, 0.2) is 12.1 Å². The van der Waals surface area contributed by atoms with Gasteiger partial charge < -0.3 is 20.1 Å². The highest BCUT2D eigenvalue weighted by atomic mass is 16.5. The molecule has 1 saturated heterocycles. The second-order valence-corrected chi connectivity index (χ2v) is 4.23. The molecule has 0 saturated carbocycles. The van der Waals surface area contributed by atoms with Crippen molar-refractivity contribution in [2.45, 2.75) is 12.5 Å². The van der Waals surface area contributed by atoms with Crippen molar-refractivity contribution in [3.05, 3.63) is 17.8 Å². The molecule has 0 aromatic carbocycles. The van der Waals surface area contributed by atoms with Crippen molar-refractivity contribution < 1.29 is 14.3 Å². The van der Waals surface area contributed by atoms with Gasteiger partial charge in [-0.05, 0) is 18.6 Å². The number of hydrogen-bond donors (Lipinski definition) is 1. The van der Waals surface area contributed by atoms with Crippen molar-refractivity contribution in [2.24, 2.45) is 0 Å². The third-order valence-corrected chi connectivity index (χ3v) is 3.09. The first-order valence-corrected chi connectivity index (χ1v) is 5.79. The summed E-state index contributed by atoms with van der Waals surface area (Å²) in [6.45, 7) is 1.39. The molecule has 98 valence electrons. The maximum atomic E-state index is 11.5. The molecule has 1 aromatic heterocycles. The van der Waals surface area contributed by atoms with E-state index in [1.54, 1.807) is 12.1 Å². The number of methoxy groups -OCH3 is 1. The molecule has 1 aliphatic rings. The van der Waals surface area contributed by atoms with E-state index in [1.807, 2.05) is 11.9 Å². The number of nitrogen functional groups attached to an aromatic ring is 1. The van der Waals surface area contributed by atoms with Gasteiger partial charge in [-0.3, -0.25) is 0 Å². The number of likely N-dealkylation sites (N-methyl/N-ethyl adjacent to an activating group) is 1. The van der Waals surface area contributed by atoms with Crippen molar-refractivity contribution >= 4 is 17.5 Å². The maximum absolute atomic E-state index is 11.5. The predicted octanol–water partition coefficient (Wildman–Crippen LogP) is 0.675. The fraction of sp³-hybridized carbons (Fsp3) is 0.500. The lowest BCUT2D eigenvalue weighted by atomic mass is 10.2. The summed E-state index contributed by atoms with van der Waals surface area (Å²) in [5.41, 5.74) is 6.70. The first-order chi connectivity index (χ1) is 8.63. The summed E-state index contributed by atoms with van der Waals surface area (Å²) in [5, 5.41) is 0. The van der Waals surface area contributed by atoms with Gasteiger partial charge >= 0.3 is 5.97 Å². The van der Waals surface area contributed by atoms with E-state index in [2.05, 4.69) is 9.72 Å². The van der Waals surface area contributed by atoms with Crippen LogP contribution >= 0.6 is 0 Å². The van der Waals surface area contributed by atoms with Crippen LogP contribution in [-0.4, -0.2) is 44.4 Å². The highest BCUT2D eigenvalue weighted by Crippen LogP contribution is 2.24. The lowest BCUT2D eigenvalue weighted by Crippen LogP contribution is -2.33. The Balaban J connectivity index is 2.27. The van der Waals surface area contributed by atoms with Crippen LogP contribution in [0, 0.1) is 0 Å². The van der Waals surface area contributed by atoms with Crippen LogP contribution in [-0.2, 0) is 9.47 Å². The first-order valence-electron chi connectivity index (χ1n) is 5.79. The SMILES string of the molecule is COC(=O)c1ccc(N)c(N(C)C2CCOC2)n1. The van der Waals surface area contributed by atoms with E-state index in [0.29, 0.717) is 18.1 Å². The molecule has 1 fully saturated rings.